The second-order valence-electron chi connectivity index (χ2n) is 6.60. The molecule has 26 heavy (non-hydrogen) atoms. The van der Waals surface area contributed by atoms with E-state index in [1.165, 1.54) is 6.92 Å². The molecule has 0 saturated carbocycles. The Morgan fingerprint density at radius 2 is 2.12 bits per heavy atom. The van der Waals surface area contributed by atoms with E-state index in [1.807, 2.05) is 26.0 Å². The molecule has 138 valence electrons. The van der Waals surface area contributed by atoms with Crippen LogP contribution in [0.1, 0.15) is 52.7 Å². The molecule has 0 fully saturated rings. The predicted molar refractivity (Wildman–Crippen MR) is 98.0 cm³/mol. The van der Waals surface area contributed by atoms with Gasteiger partial charge in [-0.15, -0.1) is 0 Å². The normalized spacial score (nSPS) is 15.3. The number of amides is 1. The lowest BCUT2D eigenvalue weighted by molar-refractivity contribution is 0.0942. The lowest BCUT2D eigenvalue weighted by Crippen LogP contribution is -2.25. The number of fused-ring (bicyclic) bond motifs is 1. The largest absolute Gasteiger partial charge is 0.494 e. The highest BCUT2D eigenvalue weighted by Gasteiger charge is 2.22. The number of carbonyl (C=O) groups is 2. The number of hydrogen-bond donors (Lipinski definition) is 1. The monoisotopic (exact) mass is 356 g/mol. The molecule has 2 aromatic rings. The van der Waals surface area contributed by atoms with Crippen molar-refractivity contribution in [1.82, 2.24) is 9.88 Å². The molecule has 0 aliphatic carbocycles. The van der Waals surface area contributed by atoms with Crippen molar-refractivity contribution in [3.63, 3.8) is 0 Å². The first-order chi connectivity index (χ1) is 12.4. The van der Waals surface area contributed by atoms with E-state index >= 15 is 0 Å². The van der Waals surface area contributed by atoms with Crippen LogP contribution in [-0.4, -0.2) is 29.0 Å². The number of ketones is 1. The molecule has 1 aromatic heterocycles. The quantitative estimate of drug-likeness (QED) is 0.808. The van der Waals surface area contributed by atoms with Crippen molar-refractivity contribution >= 4 is 11.7 Å². The van der Waals surface area contributed by atoms with E-state index in [9.17, 15) is 9.59 Å². The highest BCUT2D eigenvalue weighted by Crippen LogP contribution is 2.35. The number of benzene rings is 1. The van der Waals surface area contributed by atoms with E-state index in [-0.39, 0.29) is 17.8 Å². The van der Waals surface area contributed by atoms with Gasteiger partial charge in [0.1, 0.15) is 23.3 Å². The molecule has 3 rings (SSSR count). The standard InChI is InChI=1S/C20H24N2O4/c1-5-25-18-8-14-6-12(2)26-19(14)9-15(18)10-21-20(24)17-7-16(13(3)23)11-22(17)4/h7-9,11-12H,5-6,10H2,1-4H3,(H,21,24)/t12-/m0/s1. The fourth-order valence-corrected chi connectivity index (χ4v) is 3.16. The van der Waals surface area contributed by atoms with Gasteiger partial charge in [-0.05, 0) is 39.0 Å². The molecule has 0 unspecified atom stereocenters. The smallest absolute Gasteiger partial charge is 0.268 e. The van der Waals surface area contributed by atoms with E-state index in [0.29, 0.717) is 24.4 Å². The summed E-state index contributed by atoms with van der Waals surface area (Å²) in [6.45, 7) is 6.32. The fraction of sp³-hybridized carbons (Fsp3) is 0.400. The maximum atomic E-state index is 12.5. The van der Waals surface area contributed by atoms with Gasteiger partial charge in [0.15, 0.2) is 5.78 Å². The minimum atomic E-state index is -0.239. The van der Waals surface area contributed by atoms with Crippen molar-refractivity contribution in [2.45, 2.75) is 39.8 Å². The maximum Gasteiger partial charge on any atom is 0.268 e. The lowest BCUT2D eigenvalue weighted by Gasteiger charge is -2.13. The molecule has 1 aromatic carbocycles. The van der Waals surface area contributed by atoms with Crippen molar-refractivity contribution in [1.29, 1.82) is 0 Å². The number of Topliss-reactive ketones (excluding diaryl/α,β-unsaturated/α-hetero) is 1. The third-order valence-electron chi connectivity index (χ3n) is 4.46. The third kappa shape index (κ3) is 3.59. The zero-order valence-corrected chi connectivity index (χ0v) is 15.6. The van der Waals surface area contributed by atoms with E-state index < -0.39 is 0 Å². The summed E-state index contributed by atoms with van der Waals surface area (Å²) in [4.78, 5) is 24.0. The van der Waals surface area contributed by atoms with Gasteiger partial charge in [0, 0.05) is 42.9 Å². The van der Waals surface area contributed by atoms with Crippen molar-refractivity contribution < 1.29 is 19.1 Å². The Morgan fingerprint density at radius 1 is 1.35 bits per heavy atom. The molecule has 0 bridgehead atoms. The van der Waals surface area contributed by atoms with Crippen LogP contribution in [0.4, 0.5) is 0 Å². The molecule has 1 amide bonds. The average Bonchev–Trinajstić information content (AvgIpc) is 3.14. The summed E-state index contributed by atoms with van der Waals surface area (Å²) < 4.78 is 13.2. The van der Waals surface area contributed by atoms with Crippen molar-refractivity contribution in [3.05, 3.63) is 46.8 Å². The number of carbonyl (C=O) groups excluding carboxylic acids is 2. The van der Waals surface area contributed by atoms with Crippen LogP contribution >= 0.6 is 0 Å². The molecule has 0 spiro atoms. The fourth-order valence-electron chi connectivity index (χ4n) is 3.16. The number of nitrogens with zero attached hydrogens (tertiary/aromatic N) is 1. The highest BCUT2D eigenvalue weighted by atomic mass is 16.5. The Labute approximate surface area is 153 Å². The first-order valence-electron chi connectivity index (χ1n) is 8.79. The lowest BCUT2D eigenvalue weighted by atomic mass is 10.1. The van der Waals surface area contributed by atoms with E-state index in [1.54, 1.807) is 23.9 Å². The Balaban J connectivity index is 1.78. The van der Waals surface area contributed by atoms with E-state index in [2.05, 4.69) is 5.32 Å². The van der Waals surface area contributed by atoms with Gasteiger partial charge in [-0.2, -0.15) is 0 Å². The van der Waals surface area contributed by atoms with Gasteiger partial charge in [-0.3, -0.25) is 9.59 Å². The molecule has 1 aliphatic heterocycles. The summed E-state index contributed by atoms with van der Waals surface area (Å²) in [5.74, 6) is 1.31. The molecule has 1 aliphatic rings. The zero-order valence-electron chi connectivity index (χ0n) is 15.6. The predicted octanol–water partition coefficient (Wildman–Crippen LogP) is 2.88. The minimum absolute atomic E-state index is 0.0665. The summed E-state index contributed by atoms with van der Waals surface area (Å²) >= 11 is 0. The van der Waals surface area contributed by atoms with Crippen LogP contribution in [0.15, 0.2) is 24.4 Å². The number of aromatic nitrogens is 1. The summed E-state index contributed by atoms with van der Waals surface area (Å²) in [7, 11) is 1.75. The number of nitrogens with one attached hydrogen (secondary N) is 1. The Bertz CT molecular complexity index is 854. The van der Waals surface area contributed by atoms with Gasteiger partial charge >= 0.3 is 0 Å². The molecular formula is C20H24N2O4. The summed E-state index contributed by atoms with van der Waals surface area (Å²) in [5.41, 5.74) is 2.96. The van der Waals surface area contributed by atoms with Crippen LogP contribution in [0, 0.1) is 0 Å². The molecule has 1 N–H and O–H groups in total. The second kappa shape index (κ2) is 7.23. The molecule has 2 heterocycles. The molecule has 1 atom stereocenters. The van der Waals surface area contributed by atoms with Gasteiger partial charge in [-0.25, -0.2) is 0 Å². The van der Waals surface area contributed by atoms with Gasteiger partial charge in [-0.1, -0.05) is 0 Å². The summed E-state index contributed by atoms with van der Waals surface area (Å²) in [6.07, 6.45) is 2.67. The number of rotatable bonds is 6. The summed E-state index contributed by atoms with van der Waals surface area (Å²) in [6, 6.07) is 5.55. The summed E-state index contributed by atoms with van der Waals surface area (Å²) in [5, 5.41) is 2.90. The van der Waals surface area contributed by atoms with Crippen molar-refractivity contribution in [3.8, 4) is 11.5 Å². The van der Waals surface area contributed by atoms with Gasteiger partial charge in [0.2, 0.25) is 0 Å². The molecule has 0 radical (unpaired) electrons. The Morgan fingerprint density at radius 3 is 2.77 bits per heavy atom. The van der Waals surface area contributed by atoms with Crippen LogP contribution in [0.3, 0.4) is 0 Å². The van der Waals surface area contributed by atoms with Gasteiger partial charge in [0.25, 0.3) is 5.91 Å². The first-order valence-corrected chi connectivity index (χ1v) is 8.79. The van der Waals surface area contributed by atoms with Crippen LogP contribution in [0.2, 0.25) is 0 Å². The third-order valence-corrected chi connectivity index (χ3v) is 4.46. The number of aryl methyl sites for hydroxylation is 1. The van der Waals surface area contributed by atoms with Crippen LogP contribution in [0.5, 0.6) is 11.5 Å². The molecule has 0 saturated heterocycles. The van der Waals surface area contributed by atoms with E-state index in [0.717, 1.165) is 29.0 Å². The Hall–Kier alpha value is -2.76. The topological polar surface area (TPSA) is 69.6 Å². The second-order valence-corrected chi connectivity index (χ2v) is 6.60. The molecular weight excluding hydrogens is 332 g/mol. The van der Waals surface area contributed by atoms with Crippen LogP contribution < -0.4 is 14.8 Å². The highest BCUT2D eigenvalue weighted by molar-refractivity contribution is 5.99. The first kappa shape index (κ1) is 18.0. The number of hydrogen-bond acceptors (Lipinski definition) is 4. The zero-order chi connectivity index (χ0) is 18.8. The van der Waals surface area contributed by atoms with E-state index in [4.69, 9.17) is 9.47 Å². The van der Waals surface area contributed by atoms with Gasteiger partial charge in [0.05, 0.1) is 6.61 Å². The molecule has 6 heteroatoms. The average molecular weight is 356 g/mol. The maximum absolute atomic E-state index is 12.5. The Kier molecular flexibility index (Phi) is 5.02. The van der Waals surface area contributed by atoms with Crippen LogP contribution in [0.25, 0.3) is 0 Å². The van der Waals surface area contributed by atoms with Crippen molar-refractivity contribution in [2.24, 2.45) is 7.05 Å². The minimum Gasteiger partial charge on any atom is -0.494 e. The van der Waals surface area contributed by atoms with Crippen molar-refractivity contribution in [2.75, 3.05) is 6.61 Å². The van der Waals surface area contributed by atoms with Gasteiger partial charge < -0.3 is 19.4 Å². The SMILES string of the molecule is CCOc1cc2c(cc1CNC(=O)c1cc(C(C)=O)cn1C)O[C@@H](C)C2. The van der Waals surface area contributed by atoms with Crippen LogP contribution in [-0.2, 0) is 20.0 Å². The number of ether oxygens (including phenoxy) is 2. The molecule has 6 nitrogen and oxygen atoms in total.